The number of hydrogen-bond donors (Lipinski definition) is 1. The van der Waals surface area contributed by atoms with Gasteiger partial charge in [-0.05, 0) is 25.3 Å². The monoisotopic (exact) mass is 241 g/mol. The second-order valence-electron chi connectivity index (χ2n) is 4.79. The van der Waals surface area contributed by atoms with E-state index in [0.29, 0.717) is 0 Å². The Morgan fingerprint density at radius 1 is 1.17 bits per heavy atom. The summed E-state index contributed by atoms with van der Waals surface area (Å²) in [7, 11) is 0. The standard InChI is InChI=1S/C15H15NO2/c1-9(2)18-15-12-8-4-6-10-5-3-7-11(13(10)12)14(17)16-15/h3-9,15H,1-2H3,(H,16,17). The van der Waals surface area contributed by atoms with Crippen molar-refractivity contribution in [3.63, 3.8) is 0 Å². The Hall–Kier alpha value is -1.87. The molecule has 3 heteroatoms. The number of amides is 1. The van der Waals surface area contributed by atoms with Crippen molar-refractivity contribution in [3.8, 4) is 0 Å². The molecule has 1 amide bonds. The number of rotatable bonds is 2. The lowest BCUT2D eigenvalue weighted by Crippen LogP contribution is -2.35. The fourth-order valence-corrected chi connectivity index (χ4v) is 2.43. The minimum Gasteiger partial charge on any atom is -0.351 e. The summed E-state index contributed by atoms with van der Waals surface area (Å²) in [5.74, 6) is -0.0649. The second-order valence-corrected chi connectivity index (χ2v) is 4.79. The van der Waals surface area contributed by atoms with Gasteiger partial charge in [-0.15, -0.1) is 0 Å². The lowest BCUT2D eigenvalue weighted by Gasteiger charge is -2.28. The third-order valence-electron chi connectivity index (χ3n) is 3.13. The molecule has 1 N–H and O–H groups in total. The first-order valence-electron chi connectivity index (χ1n) is 6.15. The van der Waals surface area contributed by atoms with Gasteiger partial charge in [0.15, 0.2) is 6.23 Å². The van der Waals surface area contributed by atoms with Crippen molar-refractivity contribution in [2.24, 2.45) is 0 Å². The van der Waals surface area contributed by atoms with Gasteiger partial charge in [0.1, 0.15) is 0 Å². The first-order valence-corrected chi connectivity index (χ1v) is 6.15. The van der Waals surface area contributed by atoms with E-state index in [9.17, 15) is 4.79 Å². The van der Waals surface area contributed by atoms with Crippen molar-refractivity contribution in [1.82, 2.24) is 5.32 Å². The Kier molecular flexibility index (Phi) is 2.56. The molecule has 0 saturated carbocycles. The van der Waals surface area contributed by atoms with Crippen molar-refractivity contribution >= 4 is 16.7 Å². The zero-order chi connectivity index (χ0) is 12.7. The Balaban J connectivity index is 2.23. The largest absolute Gasteiger partial charge is 0.351 e. The Morgan fingerprint density at radius 2 is 1.89 bits per heavy atom. The van der Waals surface area contributed by atoms with Gasteiger partial charge in [0.25, 0.3) is 5.91 Å². The SMILES string of the molecule is CC(C)OC1NC(=O)c2cccc3cccc1c23. The molecule has 0 bridgehead atoms. The summed E-state index contributed by atoms with van der Waals surface area (Å²) in [4.78, 5) is 12.1. The molecule has 0 radical (unpaired) electrons. The zero-order valence-corrected chi connectivity index (χ0v) is 10.4. The number of benzene rings is 2. The van der Waals surface area contributed by atoms with Crippen LogP contribution in [-0.4, -0.2) is 12.0 Å². The maximum absolute atomic E-state index is 12.1. The van der Waals surface area contributed by atoms with Gasteiger partial charge >= 0.3 is 0 Å². The normalized spacial score (nSPS) is 18.2. The number of carbonyl (C=O) groups excluding carboxylic acids is 1. The topological polar surface area (TPSA) is 38.3 Å². The van der Waals surface area contributed by atoms with Crippen molar-refractivity contribution in [2.75, 3.05) is 0 Å². The highest BCUT2D eigenvalue weighted by atomic mass is 16.5. The predicted octanol–water partition coefficient (Wildman–Crippen LogP) is 3.01. The molecule has 2 aromatic carbocycles. The highest BCUT2D eigenvalue weighted by molar-refractivity contribution is 6.10. The van der Waals surface area contributed by atoms with Crippen LogP contribution in [0.3, 0.4) is 0 Å². The van der Waals surface area contributed by atoms with Crippen molar-refractivity contribution < 1.29 is 9.53 Å². The fourth-order valence-electron chi connectivity index (χ4n) is 2.43. The Morgan fingerprint density at radius 3 is 2.61 bits per heavy atom. The number of hydrogen-bond acceptors (Lipinski definition) is 2. The molecule has 1 aliphatic rings. The van der Waals surface area contributed by atoms with Gasteiger partial charge in [-0.2, -0.15) is 0 Å². The number of carbonyl (C=O) groups is 1. The molecule has 1 atom stereocenters. The second kappa shape index (κ2) is 4.10. The molecule has 0 spiro atoms. The minimum absolute atomic E-state index is 0.0649. The summed E-state index contributed by atoms with van der Waals surface area (Å²) in [6.07, 6.45) is -0.285. The molecule has 92 valence electrons. The van der Waals surface area contributed by atoms with E-state index in [1.54, 1.807) is 0 Å². The van der Waals surface area contributed by atoms with Gasteiger partial charge in [0, 0.05) is 16.5 Å². The summed E-state index contributed by atoms with van der Waals surface area (Å²) in [5, 5.41) is 4.99. The number of nitrogens with one attached hydrogen (secondary N) is 1. The van der Waals surface area contributed by atoms with Crippen LogP contribution in [0.2, 0.25) is 0 Å². The number of ether oxygens (including phenoxy) is 1. The average molecular weight is 241 g/mol. The van der Waals surface area contributed by atoms with Crippen LogP contribution in [0.15, 0.2) is 36.4 Å². The average Bonchev–Trinajstić information content (AvgIpc) is 2.34. The van der Waals surface area contributed by atoms with Crippen LogP contribution in [-0.2, 0) is 4.74 Å². The highest BCUT2D eigenvalue weighted by Crippen LogP contribution is 2.32. The van der Waals surface area contributed by atoms with Gasteiger partial charge in [-0.1, -0.05) is 30.3 Å². The third-order valence-corrected chi connectivity index (χ3v) is 3.13. The third kappa shape index (κ3) is 1.68. The summed E-state index contributed by atoms with van der Waals surface area (Å²) >= 11 is 0. The van der Waals surface area contributed by atoms with E-state index < -0.39 is 0 Å². The summed E-state index contributed by atoms with van der Waals surface area (Å²) < 4.78 is 5.78. The summed E-state index contributed by atoms with van der Waals surface area (Å²) in [6.45, 7) is 3.93. The van der Waals surface area contributed by atoms with Crippen LogP contribution < -0.4 is 5.32 Å². The van der Waals surface area contributed by atoms with E-state index in [2.05, 4.69) is 5.32 Å². The summed E-state index contributed by atoms with van der Waals surface area (Å²) in [6, 6.07) is 11.8. The van der Waals surface area contributed by atoms with Crippen molar-refractivity contribution in [3.05, 3.63) is 47.5 Å². The molecular formula is C15H15NO2. The molecular weight excluding hydrogens is 226 g/mol. The van der Waals surface area contributed by atoms with Gasteiger partial charge in [0.05, 0.1) is 6.10 Å². The van der Waals surface area contributed by atoms with E-state index in [0.717, 1.165) is 21.9 Å². The van der Waals surface area contributed by atoms with Gasteiger partial charge in [-0.3, -0.25) is 4.79 Å². The molecule has 1 aliphatic heterocycles. The van der Waals surface area contributed by atoms with Crippen molar-refractivity contribution in [1.29, 1.82) is 0 Å². The highest BCUT2D eigenvalue weighted by Gasteiger charge is 2.27. The van der Waals surface area contributed by atoms with Crippen LogP contribution in [0.5, 0.6) is 0 Å². The first-order chi connectivity index (χ1) is 8.66. The molecule has 1 unspecified atom stereocenters. The predicted molar refractivity (Wildman–Crippen MR) is 70.4 cm³/mol. The van der Waals surface area contributed by atoms with Gasteiger partial charge < -0.3 is 10.1 Å². The maximum Gasteiger partial charge on any atom is 0.254 e. The molecule has 0 fully saturated rings. The molecule has 3 nitrogen and oxygen atoms in total. The Labute approximate surface area is 106 Å². The lowest BCUT2D eigenvalue weighted by molar-refractivity contribution is -0.0111. The molecule has 18 heavy (non-hydrogen) atoms. The van der Waals surface area contributed by atoms with Crippen LogP contribution >= 0.6 is 0 Å². The Bertz CT molecular complexity index is 614. The zero-order valence-electron chi connectivity index (χ0n) is 10.4. The van der Waals surface area contributed by atoms with Crippen LogP contribution in [0.4, 0.5) is 0 Å². The lowest BCUT2D eigenvalue weighted by atomic mass is 9.95. The summed E-state index contributed by atoms with van der Waals surface area (Å²) in [5.41, 5.74) is 1.77. The minimum atomic E-state index is -0.351. The van der Waals surface area contributed by atoms with E-state index >= 15 is 0 Å². The molecule has 0 aromatic heterocycles. The van der Waals surface area contributed by atoms with Gasteiger partial charge in [0.2, 0.25) is 0 Å². The molecule has 0 aliphatic carbocycles. The van der Waals surface area contributed by atoms with E-state index in [4.69, 9.17) is 4.74 Å². The smallest absolute Gasteiger partial charge is 0.254 e. The van der Waals surface area contributed by atoms with Crippen molar-refractivity contribution in [2.45, 2.75) is 26.2 Å². The first kappa shape index (κ1) is 11.2. The molecule has 0 saturated heterocycles. The fraction of sp³-hybridized carbons (Fsp3) is 0.267. The quantitative estimate of drug-likeness (QED) is 0.877. The van der Waals surface area contributed by atoms with E-state index in [-0.39, 0.29) is 18.2 Å². The molecule has 1 heterocycles. The van der Waals surface area contributed by atoms with Crippen LogP contribution in [0.1, 0.15) is 36.0 Å². The molecule has 3 rings (SSSR count). The van der Waals surface area contributed by atoms with Gasteiger partial charge in [-0.25, -0.2) is 0 Å². The van der Waals surface area contributed by atoms with Crippen LogP contribution in [0.25, 0.3) is 10.8 Å². The maximum atomic E-state index is 12.1. The van der Waals surface area contributed by atoms with E-state index in [1.807, 2.05) is 50.2 Å². The van der Waals surface area contributed by atoms with Crippen LogP contribution in [0, 0.1) is 0 Å². The molecule has 2 aromatic rings. The van der Waals surface area contributed by atoms with E-state index in [1.165, 1.54) is 0 Å².